The lowest BCUT2D eigenvalue weighted by atomic mass is 9.49. The van der Waals surface area contributed by atoms with E-state index in [1.807, 2.05) is 10.8 Å². The minimum absolute atomic E-state index is 0.460. The van der Waals surface area contributed by atoms with Crippen molar-refractivity contribution in [3.8, 4) is 0 Å². The maximum absolute atomic E-state index is 5.06. The van der Waals surface area contributed by atoms with Crippen LogP contribution in [0.15, 0.2) is 12.4 Å². The van der Waals surface area contributed by atoms with Gasteiger partial charge in [0.1, 0.15) is 15.9 Å². The molecule has 148 valence electrons. The molecule has 5 nitrogen and oxygen atoms in total. The number of thiophene rings is 1. The highest BCUT2D eigenvalue weighted by atomic mass is 32.1. The molecule has 0 atom stereocenters. The number of fused-ring (bicyclic) bond motifs is 5. The van der Waals surface area contributed by atoms with Crippen LogP contribution in [0.1, 0.15) is 55.6 Å². The summed E-state index contributed by atoms with van der Waals surface area (Å²) in [6.45, 7) is 4.21. The van der Waals surface area contributed by atoms with Crippen molar-refractivity contribution in [3.63, 3.8) is 0 Å². The first-order chi connectivity index (χ1) is 14.1. The molecule has 4 aromatic rings. The van der Waals surface area contributed by atoms with Crippen LogP contribution in [0.25, 0.3) is 26.1 Å². The van der Waals surface area contributed by atoms with E-state index in [4.69, 9.17) is 20.1 Å². The second-order valence-electron chi connectivity index (χ2n) is 10.2. The van der Waals surface area contributed by atoms with E-state index in [1.54, 1.807) is 11.3 Å². The van der Waals surface area contributed by atoms with Crippen molar-refractivity contribution in [1.82, 2.24) is 24.6 Å². The zero-order chi connectivity index (χ0) is 19.3. The topological polar surface area (TPSA) is 56.0 Å². The molecule has 4 fully saturated rings. The van der Waals surface area contributed by atoms with Crippen molar-refractivity contribution in [1.29, 1.82) is 0 Å². The first-order valence-corrected chi connectivity index (χ1v) is 11.8. The van der Waals surface area contributed by atoms with Crippen LogP contribution in [0.4, 0.5) is 0 Å². The Labute approximate surface area is 173 Å². The van der Waals surface area contributed by atoms with Crippen molar-refractivity contribution >= 4 is 37.4 Å². The minimum atomic E-state index is 0.460. The first kappa shape index (κ1) is 16.7. The summed E-state index contributed by atoms with van der Waals surface area (Å²) < 4.78 is 3.02. The number of pyridine rings is 1. The van der Waals surface area contributed by atoms with Crippen LogP contribution < -0.4 is 0 Å². The first-order valence-electron chi connectivity index (χ1n) is 11.0. The fourth-order valence-electron chi connectivity index (χ4n) is 7.33. The van der Waals surface area contributed by atoms with E-state index in [9.17, 15) is 0 Å². The van der Waals surface area contributed by atoms with Crippen molar-refractivity contribution in [2.45, 2.75) is 58.8 Å². The van der Waals surface area contributed by atoms with Gasteiger partial charge in [0.05, 0.1) is 5.52 Å². The molecule has 29 heavy (non-hydrogen) atoms. The number of aromatic nitrogens is 5. The number of hydrogen-bond donors (Lipinski definition) is 0. The number of rotatable bonds is 2. The third kappa shape index (κ3) is 2.38. The van der Waals surface area contributed by atoms with Gasteiger partial charge >= 0.3 is 0 Å². The smallest absolute Gasteiger partial charge is 0.176 e. The summed E-state index contributed by atoms with van der Waals surface area (Å²) in [6, 6.07) is 2.14. The summed E-state index contributed by atoms with van der Waals surface area (Å²) in [7, 11) is 0. The lowest BCUT2D eigenvalue weighted by molar-refractivity contribution is -0.0531. The molecule has 0 radical (unpaired) electrons. The van der Waals surface area contributed by atoms with Crippen LogP contribution in [-0.2, 0) is 6.42 Å². The molecule has 0 spiro atoms. The predicted octanol–water partition coefficient (Wildman–Crippen LogP) is 5.26. The quantitative estimate of drug-likeness (QED) is 0.458. The van der Waals surface area contributed by atoms with Gasteiger partial charge in [0.15, 0.2) is 11.5 Å². The highest BCUT2D eigenvalue weighted by Crippen LogP contribution is 2.60. The van der Waals surface area contributed by atoms with E-state index >= 15 is 0 Å². The molecule has 0 saturated heterocycles. The van der Waals surface area contributed by atoms with Crippen molar-refractivity contribution in [2.75, 3.05) is 0 Å². The summed E-state index contributed by atoms with van der Waals surface area (Å²) in [4.78, 5) is 15.6. The number of hydrogen-bond acceptors (Lipinski definition) is 5. The van der Waals surface area contributed by atoms with E-state index in [2.05, 4.69) is 19.9 Å². The third-order valence-electron chi connectivity index (χ3n) is 7.83. The van der Waals surface area contributed by atoms with Crippen molar-refractivity contribution < 1.29 is 0 Å². The maximum Gasteiger partial charge on any atom is 0.176 e. The molecule has 4 saturated carbocycles. The van der Waals surface area contributed by atoms with E-state index in [0.29, 0.717) is 5.41 Å². The number of nitrogens with zero attached hydrogens (tertiary/aromatic N) is 5. The van der Waals surface area contributed by atoms with Crippen molar-refractivity contribution in [2.24, 2.45) is 23.2 Å². The van der Waals surface area contributed by atoms with Gasteiger partial charge in [-0.25, -0.2) is 19.5 Å². The third-order valence-corrected chi connectivity index (χ3v) is 8.90. The summed E-state index contributed by atoms with van der Waals surface area (Å²) in [5.74, 6) is 3.91. The monoisotopic (exact) mass is 403 g/mol. The van der Waals surface area contributed by atoms with Crippen LogP contribution in [0, 0.1) is 37.0 Å². The number of aryl methyl sites for hydroxylation is 2. The molecule has 6 heteroatoms. The van der Waals surface area contributed by atoms with Crippen LogP contribution in [0.3, 0.4) is 0 Å². The van der Waals surface area contributed by atoms with Gasteiger partial charge in [-0.1, -0.05) is 0 Å². The molecule has 4 aromatic heterocycles. The Kier molecular flexibility index (Phi) is 3.19. The van der Waals surface area contributed by atoms with Gasteiger partial charge in [-0.15, -0.1) is 16.4 Å². The van der Waals surface area contributed by atoms with Crippen LogP contribution in [-0.4, -0.2) is 24.6 Å². The Morgan fingerprint density at radius 3 is 2.52 bits per heavy atom. The van der Waals surface area contributed by atoms with E-state index in [-0.39, 0.29) is 0 Å². The van der Waals surface area contributed by atoms with Gasteiger partial charge in [0.25, 0.3) is 0 Å². The van der Waals surface area contributed by atoms with Gasteiger partial charge in [0, 0.05) is 17.5 Å². The Morgan fingerprint density at radius 1 is 1.07 bits per heavy atom. The lowest BCUT2D eigenvalue weighted by Gasteiger charge is -2.56. The average molecular weight is 404 g/mol. The van der Waals surface area contributed by atoms with Gasteiger partial charge in [-0.2, -0.15) is 0 Å². The fourth-order valence-corrected chi connectivity index (χ4v) is 8.55. The Balaban J connectivity index is 1.35. The van der Waals surface area contributed by atoms with Gasteiger partial charge in [0.2, 0.25) is 0 Å². The van der Waals surface area contributed by atoms with E-state index < -0.39 is 0 Å². The van der Waals surface area contributed by atoms with Crippen LogP contribution >= 0.6 is 11.3 Å². The molecule has 4 aliphatic carbocycles. The van der Waals surface area contributed by atoms with Gasteiger partial charge in [-0.3, -0.25) is 0 Å². The molecule has 4 bridgehead atoms. The standard InChI is InChI=1S/C23H25N5S/c1-12-3-13(2)25-22-18(12)19-20(29-22)21-26-17(27-28(21)11-24-19)10-23-7-14-4-15(8-23)6-16(5-14)9-23/h3,11,14-16H,4-10H2,1-2H3. The Morgan fingerprint density at radius 2 is 1.79 bits per heavy atom. The molecule has 0 N–H and O–H groups in total. The van der Waals surface area contributed by atoms with Crippen LogP contribution in [0.2, 0.25) is 0 Å². The van der Waals surface area contributed by atoms with Crippen molar-refractivity contribution in [3.05, 3.63) is 29.5 Å². The molecule has 8 rings (SSSR count). The summed E-state index contributed by atoms with van der Waals surface area (Å²) in [5, 5.41) is 6.05. The molecular weight excluding hydrogens is 378 g/mol. The maximum atomic E-state index is 5.06. The van der Waals surface area contributed by atoms with E-state index in [0.717, 1.165) is 56.4 Å². The normalized spacial score (nSPS) is 30.9. The molecular formula is C23H25N5S. The molecule has 0 amide bonds. The zero-order valence-electron chi connectivity index (χ0n) is 17.0. The lowest BCUT2D eigenvalue weighted by Crippen LogP contribution is -2.47. The second-order valence-corrected chi connectivity index (χ2v) is 11.2. The largest absolute Gasteiger partial charge is 0.242 e. The molecule has 4 aliphatic rings. The molecule has 4 heterocycles. The van der Waals surface area contributed by atoms with Gasteiger partial charge < -0.3 is 0 Å². The predicted molar refractivity (Wildman–Crippen MR) is 115 cm³/mol. The summed E-state index contributed by atoms with van der Waals surface area (Å²) >= 11 is 1.71. The Hall–Kier alpha value is -2.08. The second kappa shape index (κ2) is 5.54. The SMILES string of the molecule is Cc1cc(C)c2c(n1)sc1c2ncn2nc(CC34CC5CC(CC(C5)C3)C4)nc12. The molecule has 0 aromatic carbocycles. The van der Waals surface area contributed by atoms with Gasteiger partial charge in [-0.05, 0) is 87.2 Å². The minimum Gasteiger partial charge on any atom is -0.242 e. The summed E-state index contributed by atoms with van der Waals surface area (Å²) in [5.41, 5.74) is 4.73. The fraction of sp³-hybridized carbons (Fsp3) is 0.565. The molecule has 0 unspecified atom stereocenters. The highest BCUT2D eigenvalue weighted by Gasteiger charge is 2.51. The zero-order valence-corrected chi connectivity index (χ0v) is 17.8. The molecule has 0 aliphatic heterocycles. The average Bonchev–Trinajstić information content (AvgIpc) is 3.20. The van der Waals surface area contributed by atoms with E-state index in [1.165, 1.54) is 49.5 Å². The Bertz CT molecular complexity index is 1260. The van der Waals surface area contributed by atoms with Crippen LogP contribution in [0.5, 0.6) is 0 Å². The summed E-state index contributed by atoms with van der Waals surface area (Å²) in [6.07, 6.45) is 11.5. The highest BCUT2D eigenvalue weighted by molar-refractivity contribution is 7.26.